The molecule has 6 N–H and O–H groups in total. The molecule has 0 bridgehead atoms. The number of thiophene rings is 1. The second-order valence-corrected chi connectivity index (χ2v) is 9.66. The van der Waals surface area contributed by atoms with Crippen molar-refractivity contribution >= 4 is 28.4 Å². The molecule has 204 valence electrons. The van der Waals surface area contributed by atoms with Crippen LogP contribution in [0.1, 0.15) is 29.5 Å². The topological polar surface area (TPSA) is 146 Å². The van der Waals surface area contributed by atoms with Crippen LogP contribution < -0.4 is 21.5 Å². The van der Waals surface area contributed by atoms with E-state index >= 15 is 0 Å². The van der Waals surface area contributed by atoms with Gasteiger partial charge in [-0.3, -0.25) is 0 Å². The van der Waals surface area contributed by atoms with E-state index in [1.165, 1.54) is 11.3 Å². The fraction of sp³-hybridized carbons (Fsp3) is 0.500. The van der Waals surface area contributed by atoms with Gasteiger partial charge in [0.1, 0.15) is 12.1 Å². The smallest absolute Gasteiger partial charge is 0.448 e. The van der Waals surface area contributed by atoms with Crippen molar-refractivity contribution in [2.45, 2.75) is 57.2 Å². The van der Waals surface area contributed by atoms with Gasteiger partial charge in [-0.05, 0) is 85.3 Å². The van der Waals surface area contributed by atoms with Gasteiger partial charge in [0.25, 0.3) is 0 Å². The maximum absolute atomic E-state index is 12.9. The van der Waals surface area contributed by atoms with Crippen molar-refractivity contribution in [2.24, 2.45) is 11.5 Å². The Balaban J connectivity index is 1.75. The molecule has 0 aliphatic carbocycles. The van der Waals surface area contributed by atoms with Gasteiger partial charge in [-0.25, -0.2) is 4.79 Å². The number of nitrogens with two attached hydrogens (primary N) is 2. The van der Waals surface area contributed by atoms with Gasteiger partial charge in [0, 0.05) is 6.04 Å². The Morgan fingerprint density at radius 3 is 2.68 bits per heavy atom. The minimum Gasteiger partial charge on any atom is -0.448 e. The number of aliphatic hydroxyl groups is 1. The van der Waals surface area contributed by atoms with Gasteiger partial charge in [-0.2, -0.15) is 29.5 Å². The molecule has 0 saturated heterocycles. The first-order chi connectivity index (χ1) is 17.4. The van der Waals surface area contributed by atoms with Crippen molar-refractivity contribution in [1.29, 1.82) is 0 Å². The van der Waals surface area contributed by atoms with E-state index in [1.807, 2.05) is 42.8 Å². The minimum absolute atomic E-state index is 0.0119. The summed E-state index contributed by atoms with van der Waals surface area (Å²) in [6.45, 7) is 3.51. The van der Waals surface area contributed by atoms with Crippen molar-refractivity contribution in [3.8, 4) is 6.08 Å². The third-order valence-corrected chi connectivity index (χ3v) is 6.63. The molecule has 3 rings (SSSR count). The number of aryl methyl sites for hydroxylation is 2. The molecule has 0 amide bonds. The molecule has 3 atom stereocenters. The van der Waals surface area contributed by atoms with Crippen molar-refractivity contribution in [1.82, 2.24) is 10.3 Å². The Morgan fingerprint density at radius 1 is 1.30 bits per heavy atom. The summed E-state index contributed by atoms with van der Waals surface area (Å²) < 4.78 is 54.6. The molecule has 1 aromatic carbocycles. The summed E-state index contributed by atoms with van der Waals surface area (Å²) in [5.74, 6) is -5.18. The first kappa shape index (κ1) is 28.9. The standard InChI is InChI=1S/C24H31F3N4O5S/c1-14-8-18-19(9-15(14)2)35-22(31-18)34-11-17(10-16-5-7-37-12-16)30-13-23(33,20(29)4-3-6-28)36-21(32)24(25,26)27/h5,7-9,12,17,20,30,33H,3-4,6,10-11,13,28-29H2,1-2H3/t17-,20-,23?/m1/s1. The highest BCUT2D eigenvalue weighted by atomic mass is 32.1. The van der Waals surface area contributed by atoms with E-state index in [0.29, 0.717) is 23.9 Å². The monoisotopic (exact) mass is 544 g/mol. The van der Waals surface area contributed by atoms with Crippen LogP contribution in [0.2, 0.25) is 0 Å². The lowest BCUT2D eigenvalue weighted by Crippen LogP contribution is -2.60. The maximum Gasteiger partial charge on any atom is 0.491 e. The summed E-state index contributed by atoms with van der Waals surface area (Å²) in [5.41, 5.74) is 15.6. The van der Waals surface area contributed by atoms with E-state index in [2.05, 4.69) is 15.0 Å². The van der Waals surface area contributed by atoms with Gasteiger partial charge in [0.2, 0.25) is 5.79 Å². The molecule has 0 saturated carbocycles. The molecule has 0 aliphatic rings. The predicted molar refractivity (Wildman–Crippen MR) is 132 cm³/mol. The fourth-order valence-corrected chi connectivity index (χ4v) is 4.27. The number of carbonyl (C=O) groups excluding carboxylic acids is 1. The average Bonchev–Trinajstić information content (AvgIpc) is 3.48. The number of fused-ring (bicyclic) bond motifs is 1. The number of carbonyl (C=O) groups is 1. The van der Waals surface area contributed by atoms with Gasteiger partial charge < -0.3 is 35.8 Å². The van der Waals surface area contributed by atoms with Crippen LogP contribution in [0.3, 0.4) is 0 Å². The molecule has 2 heterocycles. The first-order valence-corrected chi connectivity index (χ1v) is 12.6. The molecule has 1 unspecified atom stereocenters. The van der Waals surface area contributed by atoms with Crippen LogP contribution in [0, 0.1) is 13.8 Å². The van der Waals surface area contributed by atoms with E-state index in [-0.39, 0.29) is 25.6 Å². The van der Waals surface area contributed by atoms with Gasteiger partial charge in [-0.15, -0.1) is 0 Å². The molecule has 0 spiro atoms. The van der Waals surface area contributed by atoms with Crippen molar-refractivity contribution in [3.63, 3.8) is 0 Å². The second kappa shape index (κ2) is 12.2. The lowest BCUT2D eigenvalue weighted by Gasteiger charge is -2.35. The van der Waals surface area contributed by atoms with Crippen LogP contribution in [-0.4, -0.2) is 59.8 Å². The number of aromatic nitrogens is 1. The van der Waals surface area contributed by atoms with Crippen molar-refractivity contribution < 1.29 is 37.0 Å². The highest BCUT2D eigenvalue weighted by Gasteiger charge is 2.48. The second-order valence-electron chi connectivity index (χ2n) is 8.88. The SMILES string of the molecule is Cc1cc2nc(OC[C@@H](Cc3ccsc3)NCC(O)(OC(=O)C(F)(F)F)[C@H](N)CCCN)oc2cc1C. The zero-order valence-corrected chi connectivity index (χ0v) is 21.3. The number of ether oxygens (including phenoxy) is 2. The average molecular weight is 545 g/mol. The molecule has 0 aliphatic heterocycles. The highest BCUT2D eigenvalue weighted by molar-refractivity contribution is 7.07. The third-order valence-electron chi connectivity index (χ3n) is 5.90. The number of hydrogen-bond donors (Lipinski definition) is 4. The number of halogens is 3. The summed E-state index contributed by atoms with van der Waals surface area (Å²) >= 11 is 1.48. The number of nitrogens with zero attached hydrogens (tertiary/aromatic N) is 1. The number of esters is 1. The Morgan fingerprint density at radius 2 is 2.03 bits per heavy atom. The number of alkyl halides is 3. The zero-order chi connectivity index (χ0) is 27.2. The fourth-order valence-electron chi connectivity index (χ4n) is 3.59. The molecular weight excluding hydrogens is 513 g/mol. The van der Waals surface area contributed by atoms with Crippen molar-refractivity contribution in [2.75, 3.05) is 19.7 Å². The number of hydrogen-bond acceptors (Lipinski definition) is 10. The molecule has 37 heavy (non-hydrogen) atoms. The largest absolute Gasteiger partial charge is 0.491 e. The number of nitrogens with one attached hydrogen (secondary N) is 1. The summed E-state index contributed by atoms with van der Waals surface area (Å²) in [5, 5.41) is 17.6. The summed E-state index contributed by atoms with van der Waals surface area (Å²) in [7, 11) is 0. The van der Waals surface area contributed by atoms with Crippen LogP contribution in [0.15, 0.2) is 33.4 Å². The lowest BCUT2D eigenvalue weighted by atomic mass is 10.0. The van der Waals surface area contributed by atoms with Crippen LogP contribution >= 0.6 is 11.3 Å². The Bertz CT molecular complexity index is 1130. The highest BCUT2D eigenvalue weighted by Crippen LogP contribution is 2.25. The van der Waals surface area contributed by atoms with E-state index in [1.54, 1.807) is 0 Å². The van der Waals surface area contributed by atoms with Gasteiger partial charge in [-0.1, -0.05) is 0 Å². The predicted octanol–water partition coefficient (Wildman–Crippen LogP) is 2.95. The van der Waals surface area contributed by atoms with Crippen molar-refractivity contribution in [3.05, 3.63) is 45.6 Å². The molecule has 3 aromatic rings. The van der Waals surface area contributed by atoms with E-state index in [9.17, 15) is 23.1 Å². The van der Waals surface area contributed by atoms with E-state index < -0.39 is 36.6 Å². The van der Waals surface area contributed by atoms with E-state index in [0.717, 1.165) is 16.7 Å². The summed E-state index contributed by atoms with van der Waals surface area (Å²) in [4.78, 5) is 15.9. The quantitative estimate of drug-likeness (QED) is 0.188. The Kier molecular flexibility index (Phi) is 9.53. The molecule has 0 fully saturated rings. The molecule has 0 radical (unpaired) electrons. The van der Waals surface area contributed by atoms with Crippen LogP contribution in [0.4, 0.5) is 13.2 Å². The lowest BCUT2D eigenvalue weighted by molar-refractivity contribution is -0.252. The van der Waals surface area contributed by atoms with E-state index in [4.69, 9.17) is 20.6 Å². The zero-order valence-electron chi connectivity index (χ0n) is 20.5. The Hall–Kier alpha value is -2.71. The number of rotatable bonds is 13. The summed E-state index contributed by atoms with van der Waals surface area (Å²) in [6, 6.07) is 3.75. The molecule has 2 aromatic heterocycles. The number of benzene rings is 1. The molecule has 13 heteroatoms. The van der Waals surface area contributed by atoms with Crippen LogP contribution in [0.25, 0.3) is 11.1 Å². The number of oxazole rings is 1. The van der Waals surface area contributed by atoms with Crippen LogP contribution in [-0.2, 0) is 16.0 Å². The van der Waals surface area contributed by atoms with Gasteiger partial charge in [0.05, 0.1) is 12.6 Å². The third kappa shape index (κ3) is 7.89. The maximum atomic E-state index is 12.9. The summed E-state index contributed by atoms with van der Waals surface area (Å²) in [6.07, 6.45) is -4.54. The van der Waals surface area contributed by atoms with Gasteiger partial charge in [0.15, 0.2) is 5.58 Å². The molecule has 9 nitrogen and oxygen atoms in total. The normalized spacial score (nSPS) is 15.4. The first-order valence-electron chi connectivity index (χ1n) is 11.6. The molecular formula is C24H31F3N4O5S. The van der Waals surface area contributed by atoms with Gasteiger partial charge >= 0.3 is 18.2 Å². The minimum atomic E-state index is -5.30. The van der Waals surface area contributed by atoms with Crippen LogP contribution in [0.5, 0.6) is 6.08 Å². The Labute approximate surface area is 215 Å².